The lowest BCUT2D eigenvalue weighted by atomic mass is 10.1. The molecule has 27 heavy (non-hydrogen) atoms. The van der Waals surface area contributed by atoms with Gasteiger partial charge in [-0.25, -0.2) is 4.68 Å². The molecule has 0 atom stereocenters. The number of hydrogen-bond donors (Lipinski definition) is 0. The van der Waals surface area contributed by atoms with E-state index < -0.39 is 0 Å². The highest BCUT2D eigenvalue weighted by Gasteiger charge is 2.23. The minimum absolute atomic E-state index is 0.0675. The van der Waals surface area contributed by atoms with Crippen LogP contribution in [-0.2, 0) is 0 Å². The number of benzene rings is 1. The van der Waals surface area contributed by atoms with Crippen molar-refractivity contribution in [1.82, 2.24) is 19.7 Å². The number of hydrogen-bond acceptors (Lipinski definition) is 3. The van der Waals surface area contributed by atoms with Crippen LogP contribution in [0, 0.1) is 0 Å². The number of nitrogens with zero attached hydrogens (tertiary/aromatic N) is 4. The summed E-state index contributed by atoms with van der Waals surface area (Å²) < 4.78 is 1.79. The van der Waals surface area contributed by atoms with Crippen LogP contribution in [0.5, 0.6) is 0 Å². The van der Waals surface area contributed by atoms with Crippen molar-refractivity contribution in [3.8, 4) is 16.9 Å². The Morgan fingerprint density at radius 3 is 2.33 bits per heavy atom. The third kappa shape index (κ3) is 3.92. The Balaban J connectivity index is 1.73. The van der Waals surface area contributed by atoms with Gasteiger partial charge in [-0.05, 0) is 37.1 Å². The Bertz CT molecular complexity index is 881. The van der Waals surface area contributed by atoms with Crippen LogP contribution >= 0.6 is 0 Å². The summed E-state index contributed by atoms with van der Waals surface area (Å²) in [4.78, 5) is 19.6. The number of para-hydroxylation sites is 1. The van der Waals surface area contributed by atoms with Crippen LogP contribution in [-0.4, -0.2) is 38.7 Å². The predicted octanol–water partition coefficient (Wildman–Crippen LogP) is 4.34. The van der Waals surface area contributed by atoms with Gasteiger partial charge in [0.25, 0.3) is 5.91 Å². The van der Waals surface area contributed by atoms with E-state index in [1.54, 1.807) is 17.1 Å². The molecule has 1 aliphatic rings. The molecule has 0 N–H and O–H groups in total. The molecule has 138 valence electrons. The summed E-state index contributed by atoms with van der Waals surface area (Å²) in [6.45, 7) is 1.64. The maximum Gasteiger partial charge on any atom is 0.257 e. The molecule has 1 fully saturated rings. The molecule has 4 rings (SSSR count). The largest absolute Gasteiger partial charge is 0.339 e. The quantitative estimate of drug-likeness (QED) is 0.698. The molecule has 0 unspecified atom stereocenters. The molecule has 0 bridgehead atoms. The zero-order valence-corrected chi connectivity index (χ0v) is 15.4. The Morgan fingerprint density at radius 1 is 0.889 bits per heavy atom. The number of likely N-dealkylation sites (tertiary alicyclic amines) is 1. The van der Waals surface area contributed by atoms with E-state index in [2.05, 4.69) is 4.98 Å². The van der Waals surface area contributed by atoms with E-state index in [9.17, 15) is 4.79 Å². The number of carbonyl (C=O) groups is 1. The average Bonchev–Trinajstić information content (AvgIpc) is 3.14. The van der Waals surface area contributed by atoms with E-state index in [1.165, 1.54) is 19.3 Å². The summed E-state index contributed by atoms with van der Waals surface area (Å²) in [5.41, 5.74) is 3.14. The van der Waals surface area contributed by atoms with Crippen molar-refractivity contribution >= 4 is 5.91 Å². The second kappa shape index (κ2) is 8.16. The van der Waals surface area contributed by atoms with Crippen molar-refractivity contribution in [2.45, 2.75) is 32.1 Å². The van der Waals surface area contributed by atoms with E-state index >= 15 is 0 Å². The highest BCUT2D eigenvalue weighted by atomic mass is 16.2. The molecule has 3 aromatic rings. The first kappa shape index (κ1) is 17.5. The van der Waals surface area contributed by atoms with Crippen molar-refractivity contribution in [1.29, 1.82) is 0 Å². The van der Waals surface area contributed by atoms with Crippen molar-refractivity contribution in [2.24, 2.45) is 0 Å². The maximum absolute atomic E-state index is 13.4. The molecule has 2 aromatic heterocycles. The van der Waals surface area contributed by atoms with E-state index in [0.29, 0.717) is 11.3 Å². The Labute approximate surface area is 159 Å². The summed E-state index contributed by atoms with van der Waals surface area (Å²) in [6, 6.07) is 13.7. The Kier molecular flexibility index (Phi) is 5.28. The number of pyridine rings is 1. The lowest BCUT2D eigenvalue weighted by Crippen LogP contribution is -2.33. The van der Waals surface area contributed by atoms with Crippen molar-refractivity contribution in [3.05, 3.63) is 66.6 Å². The van der Waals surface area contributed by atoms with Gasteiger partial charge in [0.2, 0.25) is 0 Å². The third-order valence-electron chi connectivity index (χ3n) is 5.04. The topological polar surface area (TPSA) is 51.0 Å². The van der Waals surface area contributed by atoms with E-state index in [0.717, 1.165) is 37.2 Å². The Morgan fingerprint density at radius 2 is 1.63 bits per heavy atom. The summed E-state index contributed by atoms with van der Waals surface area (Å²) in [7, 11) is 0. The third-order valence-corrected chi connectivity index (χ3v) is 5.04. The van der Waals surface area contributed by atoms with Gasteiger partial charge in [-0.3, -0.25) is 9.78 Å². The summed E-state index contributed by atoms with van der Waals surface area (Å²) in [6.07, 6.45) is 11.2. The molecule has 5 nitrogen and oxygen atoms in total. The van der Waals surface area contributed by atoms with Crippen LogP contribution < -0.4 is 0 Å². The highest BCUT2D eigenvalue weighted by Crippen LogP contribution is 2.25. The molecule has 1 aromatic carbocycles. The first-order chi connectivity index (χ1) is 13.3. The van der Waals surface area contributed by atoms with Gasteiger partial charge in [0, 0.05) is 37.2 Å². The first-order valence-electron chi connectivity index (χ1n) is 9.68. The molecule has 0 saturated carbocycles. The number of amides is 1. The molecular formula is C22H24N4O. The molecule has 0 radical (unpaired) electrons. The molecule has 1 amide bonds. The van der Waals surface area contributed by atoms with Gasteiger partial charge in [-0.2, -0.15) is 5.10 Å². The first-order valence-corrected chi connectivity index (χ1v) is 9.68. The summed E-state index contributed by atoms with van der Waals surface area (Å²) in [5.74, 6) is 0.0675. The van der Waals surface area contributed by atoms with Crippen molar-refractivity contribution in [3.63, 3.8) is 0 Å². The SMILES string of the molecule is O=C(c1cn(-c2ccccc2)nc1-c1cccnc1)N1CCCCCCC1. The van der Waals surface area contributed by atoms with Gasteiger partial charge >= 0.3 is 0 Å². The second-order valence-corrected chi connectivity index (χ2v) is 6.97. The van der Waals surface area contributed by atoms with Crippen LogP contribution in [0.25, 0.3) is 16.9 Å². The fourth-order valence-electron chi connectivity index (χ4n) is 3.58. The smallest absolute Gasteiger partial charge is 0.257 e. The number of rotatable bonds is 3. The average molecular weight is 360 g/mol. The summed E-state index contributed by atoms with van der Waals surface area (Å²) >= 11 is 0. The molecular weight excluding hydrogens is 336 g/mol. The van der Waals surface area contributed by atoms with E-state index in [4.69, 9.17) is 5.10 Å². The molecule has 0 spiro atoms. The van der Waals surface area contributed by atoms with Gasteiger partial charge in [0.1, 0.15) is 5.69 Å². The van der Waals surface area contributed by atoms with Gasteiger partial charge in [-0.1, -0.05) is 37.5 Å². The molecule has 1 aliphatic heterocycles. The van der Waals surface area contributed by atoms with Crippen LogP contribution in [0.2, 0.25) is 0 Å². The molecule has 0 aliphatic carbocycles. The normalized spacial score (nSPS) is 15.2. The van der Waals surface area contributed by atoms with Crippen LogP contribution in [0.1, 0.15) is 42.5 Å². The van der Waals surface area contributed by atoms with Crippen LogP contribution in [0.4, 0.5) is 0 Å². The number of aromatic nitrogens is 3. The van der Waals surface area contributed by atoms with Crippen LogP contribution in [0.15, 0.2) is 61.1 Å². The van der Waals surface area contributed by atoms with Gasteiger partial charge in [0.15, 0.2) is 0 Å². The van der Waals surface area contributed by atoms with Crippen molar-refractivity contribution < 1.29 is 4.79 Å². The van der Waals surface area contributed by atoms with Gasteiger partial charge < -0.3 is 4.90 Å². The minimum atomic E-state index is 0.0675. The maximum atomic E-state index is 13.4. The van der Waals surface area contributed by atoms with Crippen molar-refractivity contribution in [2.75, 3.05) is 13.1 Å². The van der Waals surface area contributed by atoms with Gasteiger partial charge in [0.05, 0.1) is 11.3 Å². The lowest BCUT2D eigenvalue weighted by molar-refractivity contribution is 0.0743. The summed E-state index contributed by atoms with van der Waals surface area (Å²) in [5, 5.41) is 4.74. The fraction of sp³-hybridized carbons (Fsp3) is 0.318. The minimum Gasteiger partial charge on any atom is -0.339 e. The fourth-order valence-corrected chi connectivity index (χ4v) is 3.58. The monoisotopic (exact) mass is 360 g/mol. The van der Waals surface area contributed by atoms with Crippen LogP contribution in [0.3, 0.4) is 0 Å². The predicted molar refractivity (Wildman–Crippen MR) is 106 cm³/mol. The van der Waals surface area contributed by atoms with Gasteiger partial charge in [-0.15, -0.1) is 0 Å². The molecule has 3 heterocycles. The Hall–Kier alpha value is -2.95. The zero-order valence-electron chi connectivity index (χ0n) is 15.4. The number of carbonyl (C=O) groups excluding carboxylic acids is 1. The molecule has 5 heteroatoms. The standard InChI is InChI=1S/C22H24N4O/c27-22(25-14-7-2-1-3-8-15-25)20-17-26(19-11-5-4-6-12-19)24-21(20)18-10-9-13-23-16-18/h4-6,9-13,16-17H,1-3,7-8,14-15H2. The zero-order chi connectivity index (χ0) is 18.5. The lowest BCUT2D eigenvalue weighted by Gasteiger charge is -2.24. The van der Waals surface area contributed by atoms with E-state index in [1.807, 2.05) is 53.6 Å². The molecule has 1 saturated heterocycles. The second-order valence-electron chi connectivity index (χ2n) is 6.97. The highest BCUT2D eigenvalue weighted by molar-refractivity contribution is 5.99. The van der Waals surface area contributed by atoms with E-state index in [-0.39, 0.29) is 5.91 Å².